The molecular formula is C10H8BrFN2O2. The van der Waals surface area contributed by atoms with Crippen LogP contribution in [-0.2, 0) is 0 Å². The molecule has 4 nitrogen and oxygen atoms in total. The summed E-state index contributed by atoms with van der Waals surface area (Å²) in [6.07, 6.45) is 0. The second-order valence-electron chi connectivity index (χ2n) is 3.05. The highest BCUT2D eigenvalue weighted by Gasteiger charge is 2.18. The molecule has 0 bridgehead atoms. The molecule has 0 radical (unpaired) electrons. The van der Waals surface area contributed by atoms with Gasteiger partial charge >= 0.3 is 0 Å². The average molecular weight is 287 g/mol. The zero-order valence-corrected chi connectivity index (χ0v) is 9.92. The summed E-state index contributed by atoms with van der Waals surface area (Å²) in [5.74, 6) is 0.0260. The van der Waals surface area contributed by atoms with Gasteiger partial charge < -0.3 is 15.0 Å². The van der Waals surface area contributed by atoms with E-state index in [1.165, 1.54) is 13.2 Å². The van der Waals surface area contributed by atoms with E-state index in [-0.39, 0.29) is 11.4 Å². The number of hydrogen-bond donors (Lipinski definition) is 1. The number of aromatic nitrogens is 1. The number of methoxy groups -OCH3 is 1. The molecule has 0 aliphatic heterocycles. The van der Waals surface area contributed by atoms with Gasteiger partial charge in [0.05, 0.1) is 17.1 Å². The first-order chi connectivity index (χ1) is 7.63. The van der Waals surface area contributed by atoms with Gasteiger partial charge in [0, 0.05) is 6.07 Å². The lowest BCUT2D eigenvalue weighted by atomic mass is 10.1. The smallest absolute Gasteiger partial charge is 0.222 e. The molecule has 84 valence electrons. The molecule has 0 saturated heterocycles. The van der Waals surface area contributed by atoms with Crippen molar-refractivity contribution >= 4 is 21.8 Å². The Morgan fingerprint density at radius 1 is 1.50 bits per heavy atom. The third-order valence-electron chi connectivity index (χ3n) is 2.06. The summed E-state index contributed by atoms with van der Waals surface area (Å²) < 4.78 is 24.0. The van der Waals surface area contributed by atoms with Crippen molar-refractivity contribution in [3.8, 4) is 17.0 Å². The molecule has 2 N–H and O–H groups in total. The third kappa shape index (κ3) is 1.76. The summed E-state index contributed by atoms with van der Waals surface area (Å²) >= 11 is 3.09. The molecule has 1 aromatic heterocycles. The van der Waals surface area contributed by atoms with Crippen LogP contribution in [0.25, 0.3) is 11.3 Å². The molecule has 0 aliphatic carbocycles. The molecule has 2 aromatic rings. The second kappa shape index (κ2) is 4.13. The molecule has 0 atom stereocenters. The minimum Gasteiger partial charge on any atom is -0.496 e. The van der Waals surface area contributed by atoms with Crippen molar-refractivity contribution < 1.29 is 13.7 Å². The Labute approximate surface area is 99.3 Å². The van der Waals surface area contributed by atoms with E-state index in [1.54, 1.807) is 12.1 Å². The van der Waals surface area contributed by atoms with Gasteiger partial charge in [-0.15, -0.1) is 0 Å². The van der Waals surface area contributed by atoms with Crippen LogP contribution in [0.2, 0.25) is 0 Å². The summed E-state index contributed by atoms with van der Waals surface area (Å²) in [5, 5.41) is 3.66. The van der Waals surface area contributed by atoms with Crippen LogP contribution in [0.1, 0.15) is 0 Å². The normalized spacial score (nSPS) is 10.4. The van der Waals surface area contributed by atoms with Gasteiger partial charge in [0.1, 0.15) is 11.4 Å². The summed E-state index contributed by atoms with van der Waals surface area (Å²) in [6.45, 7) is 0. The zero-order chi connectivity index (χ0) is 11.7. The Hall–Kier alpha value is -1.56. The molecule has 2 rings (SSSR count). The number of hydrogen-bond acceptors (Lipinski definition) is 4. The van der Waals surface area contributed by atoms with E-state index in [9.17, 15) is 4.39 Å². The molecule has 0 fully saturated rings. The van der Waals surface area contributed by atoms with Crippen LogP contribution in [0.15, 0.2) is 27.2 Å². The fraction of sp³-hybridized carbons (Fsp3) is 0.100. The van der Waals surface area contributed by atoms with Crippen molar-refractivity contribution in [3.63, 3.8) is 0 Å². The Kier molecular flexibility index (Phi) is 2.82. The maximum atomic E-state index is 13.9. The van der Waals surface area contributed by atoms with Crippen molar-refractivity contribution in [2.75, 3.05) is 12.8 Å². The monoisotopic (exact) mass is 286 g/mol. The molecule has 1 heterocycles. The van der Waals surface area contributed by atoms with Crippen molar-refractivity contribution in [2.24, 2.45) is 0 Å². The van der Waals surface area contributed by atoms with Gasteiger partial charge in [-0.2, -0.15) is 0 Å². The average Bonchev–Trinajstić information content (AvgIpc) is 2.68. The van der Waals surface area contributed by atoms with Crippen LogP contribution < -0.4 is 10.5 Å². The highest BCUT2D eigenvalue weighted by atomic mass is 79.9. The zero-order valence-electron chi connectivity index (χ0n) is 8.33. The van der Waals surface area contributed by atoms with Crippen LogP contribution in [0.3, 0.4) is 0 Å². The molecule has 16 heavy (non-hydrogen) atoms. The topological polar surface area (TPSA) is 61.3 Å². The fourth-order valence-electron chi connectivity index (χ4n) is 1.35. The van der Waals surface area contributed by atoms with Gasteiger partial charge in [0.15, 0.2) is 5.82 Å². The van der Waals surface area contributed by atoms with E-state index in [0.717, 1.165) is 0 Å². The molecule has 1 aromatic carbocycles. The van der Waals surface area contributed by atoms with Crippen LogP contribution in [0, 0.1) is 5.82 Å². The molecule has 6 heteroatoms. The number of nitrogen functional groups attached to an aromatic ring is 1. The lowest BCUT2D eigenvalue weighted by Crippen LogP contribution is -1.93. The molecule has 0 saturated carbocycles. The van der Waals surface area contributed by atoms with Crippen molar-refractivity contribution in [3.05, 3.63) is 28.5 Å². The standard InChI is InChI=1S/C10H8BrFN2O2/c1-15-7-3-2-5(11)10(12)9(7)6-4-8(13)16-14-6/h2-4H,13H2,1H3. The Bertz CT molecular complexity index is 528. The van der Waals surface area contributed by atoms with E-state index in [4.69, 9.17) is 15.0 Å². The summed E-state index contributed by atoms with van der Waals surface area (Å²) in [4.78, 5) is 0. The van der Waals surface area contributed by atoms with E-state index in [0.29, 0.717) is 15.9 Å². The molecule has 0 unspecified atom stereocenters. The van der Waals surface area contributed by atoms with Crippen molar-refractivity contribution in [1.82, 2.24) is 5.16 Å². The van der Waals surface area contributed by atoms with E-state index in [1.807, 2.05) is 0 Å². The molecule has 0 aliphatic rings. The highest BCUT2D eigenvalue weighted by molar-refractivity contribution is 9.10. The number of halogens is 2. The van der Waals surface area contributed by atoms with Crippen LogP contribution in [-0.4, -0.2) is 12.3 Å². The summed E-state index contributed by atoms with van der Waals surface area (Å²) in [7, 11) is 1.45. The lowest BCUT2D eigenvalue weighted by molar-refractivity contribution is 0.410. The number of benzene rings is 1. The largest absolute Gasteiger partial charge is 0.496 e. The van der Waals surface area contributed by atoms with E-state index >= 15 is 0 Å². The predicted molar refractivity (Wildman–Crippen MR) is 60.6 cm³/mol. The predicted octanol–water partition coefficient (Wildman–Crippen LogP) is 2.83. The minimum absolute atomic E-state index is 0.122. The number of nitrogens with zero attached hydrogens (tertiary/aromatic N) is 1. The number of anilines is 1. The van der Waals surface area contributed by atoms with Crippen molar-refractivity contribution in [1.29, 1.82) is 0 Å². The molecular weight excluding hydrogens is 279 g/mol. The Balaban J connectivity index is 2.66. The lowest BCUT2D eigenvalue weighted by Gasteiger charge is -2.07. The SMILES string of the molecule is COc1ccc(Br)c(F)c1-c1cc(N)on1. The molecule has 0 amide bonds. The number of ether oxygens (including phenoxy) is 1. The molecule has 0 spiro atoms. The summed E-state index contributed by atoms with van der Waals surface area (Å²) in [6, 6.07) is 4.63. The van der Waals surface area contributed by atoms with Crippen LogP contribution in [0.4, 0.5) is 10.3 Å². The number of nitrogens with two attached hydrogens (primary N) is 1. The third-order valence-corrected chi connectivity index (χ3v) is 2.67. The first-order valence-corrected chi connectivity index (χ1v) is 5.17. The first-order valence-electron chi connectivity index (χ1n) is 4.38. The van der Waals surface area contributed by atoms with Crippen LogP contribution in [0.5, 0.6) is 5.75 Å². The number of rotatable bonds is 2. The van der Waals surface area contributed by atoms with Gasteiger partial charge in [0.25, 0.3) is 0 Å². The first kappa shape index (κ1) is 10.9. The quantitative estimate of drug-likeness (QED) is 0.922. The summed E-state index contributed by atoms with van der Waals surface area (Å²) in [5.41, 5.74) is 5.91. The van der Waals surface area contributed by atoms with Gasteiger partial charge in [0.2, 0.25) is 5.88 Å². The van der Waals surface area contributed by atoms with Gasteiger partial charge in [-0.3, -0.25) is 0 Å². The minimum atomic E-state index is -0.465. The fourth-order valence-corrected chi connectivity index (χ4v) is 1.68. The highest BCUT2D eigenvalue weighted by Crippen LogP contribution is 2.36. The van der Waals surface area contributed by atoms with Gasteiger partial charge in [-0.05, 0) is 28.1 Å². The van der Waals surface area contributed by atoms with Crippen molar-refractivity contribution in [2.45, 2.75) is 0 Å². The van der Waals surface area contributed by atoms with E-state index in [2.05, 4.69) is 21.1 Å². The maximum absolute atomic E-state index is 13.9. The maximum Gasteiger partial charge on any atom is 0.222 e. The van der Waals surface area contributed by atoms with Gasteiger partial charge in [-0.25, -0.2) is 4.39 Å². The Morgan fingerprint density at radius 2 is 2.25 bits per heavy atom. The second-order valence-corrected chi connectivity index (χ2v) is 3.91. The van der Waals surface area contributed by atoms with E-state index < -0.39 is 5.82 Å². The Morgan fingerprint density at radius 3 is 2.81 bits per heavy atom. The van der Waals surface area contributed by atoms with Gasteiger partial charge in [-0.1, -0.05) is 5.16 Å². The van der Waals surface area contributed by atoms with Crippen LogP contribution >= 0.6 is 15.9 Å².